The van der Waals surface area contributed by atoms with Gasteiger partial charge in [-0.2, -0.15) is 0 Å². The number of nitrogens with one attached hydrogen (secondary N) is 2. The van der Waals surface area contributed by atoms with Crippen LogP contribution in [-0.4, -0.2) is 78.0 Å². The SMILES string of the molecule is C[C@H](NC(=O)c1ccc(N2CCCCC2CN2CCN(C)CC2)c(Cl)c1)c1nc2ccc(Cl)cc2[nH]1. The fourth-order valence-electron chi connectivity index (χ4n) is 5.27. The maximum atomic E-state index is 13.0. The minimum absolute atomic E-state index is 0.179. The van der Waals surface area contributed by atoms with Crippen LogP contribution in [-0.2, 0) is 0 Å². The first-order chi connectivity index (χ1) is 17.4. The highest BCUT2D eigenvalue weighted by molar-refractivity contribution is 6.33. The molecule has 2 N–H and O–H groups in total. The van der Waals surface area contributed by atoms with E-state index in [1.165, 1.54) is 12.8 Å². The van der Waals surface area contributed by atoms with Crippen molar-refractivity contribution in [1.29, 1.82) is 0 Å². The van der Waals surface area contributed by atoms with Gasteiger partial charge in [-0.05, 0) is 69.6 Å². The molecule has 2 saturated heterocycles. The molecule has 3 heterocycles. The number of amides is 1. The fraction of sp³-hybridized carbons (Fsp3) is 0.481. The highest BCUT2D eigenvalue weighted by atomic mass is 35.5. The van der Waals surface area contributed by atoms with Gasteiger partial charge in [0.1, 0.15) is 5.82 Å². The van der Waals surface area contributed by atoms with Crippen LogP contribution in [0.1, 0.15) is 48.4 Å². The van der Waals surface area contributed by atoms with Crippen LogP contribution in [0.4, 0.5) is 5.69 Å². The molecule has 2 aromatic carbocycles. The van der Waals surface area contributed by atoms with Gasteiger partial charge >= 0.3 is 0 Å². The van der Waals surface area contributed by atoms with E-state index in [1.807, 2.05) is 31.2 Å². The number of benzene rings is 2. The molecule has 1 aromatic heterocycles. The zero-order valence-corrected chi connectivity index (χ0v) is 22.4. The molecule has 1 unspecified atom stereocenters. The average molecular weight is 530 g/mol. The standard InChI is InChI=1S/C27H34Cl2N6O/c1-18(26-31-23-8-7-20(28)16-24(23)32-26)30-27(36)19-6-9-25(22(29)15-19)35-10-4-3-5-21(35)17-34-13-11-33(2)12-14-34/h6-9,15-16,18,21H,3-5,10-14,17H2,1-2H3,(H,30,36)(H,31,32)/t18-,21?/m0/s1. The molecule has 2 fully saturated rings. The third kappa shape index (κ3) is 5.65. The lowest BCUT2D eigenvalue weighted by Gasteiger charge is -2.42. The Hall–Kier alpha value is -2.32. The Bertz CT molecular complexity index is 1220. The number of halogens is 2. The number of rotatable bonds is 6. The first-order valence-electron chi connectivity index (χ1n) is 12.8. The number of H-pyrrole nitrogens is 1. The summed E-state index contributed by atoms with van der Waals surface area (Å²) in [6, 6.07) is 11.3. The molecule has 5 rings (SSSR count). The summed E-state index contributed by atoms with van der Waals surface area (Å²) in [5.41, 5.74) is 3.23. The van der Waals surface area contributed by atoms with Crippen molar-refractivity contribution >= 4 is 45.8 Å². The van der Waals surface area contributed by atoms with Gasteiger partial charge in [-0.3, -0.25) is 9.69 Å². The quantitative estimate of drug-likeness (QED) is 0.472. The Morgan fingerprint density at radius 1 is 1.11 bits per heavy atom. The van der Waals surface area contributed by atoms with Gasteiger partial charge in [0.05, 0.1) is 27.8 Å². The van der Waals surface area contributed by atoms with E-state index in [1.54, 1.807) is 12.1 Å². The molecule has 0 bridgehead atoms. The Labute approximate surface area is 222 Å². The first-order valence-corrected chi connectivity index (χ1v) is 13.6. The lowest BCUT2D eigenvalue weighted by molar-refractivity contribution is 0.0938. The second-order valence-corrected chi connectivity index (χ2v) is 10.9. The summed E-state index contributed by atoms with van der Waals surface area (Å²) in [7, 11) is 2.19. The van der Waals surface area contributed by atoms with Gasteiger partial charge in [-0.25, -0.2) is 4.98 Å². The first kappa shape index (κ1) is 25.3. The molecule has 7 nitrogen and oxygen atoms in total. The number of likely N-dealkylation sites (N-methyl/N-ethyl adjacent to an activating group) is 1. The molecule has 36 heavy (non-hydrogen) atoms. The van der Waals surface area contributed by atoms with E-state index in [2.05, 4.69) is 37.0 Å². The smallest absolute Gasteiger partial charge is 0.251 e. The van der Waals surface area contributed by atoms with Crippen molar-refractivity contribution in [2.75, 3.05) is 51.2 Å². The number of piperazine rings is 1. The molecule has 9 heteroatoms. The molecule has 2 aliphatic heterocycles. The van der Waals surface area contributed by atoms with Gasteiger partial charge < -0.3 is 20.1 Å². The second-order valence-electron chi connectivity index (χ2n) is 10.1. The molecule has 0 saturated carbocycles. The zero-order valence-electron chi connectivity index (χ0n) is 20.9. The van der Waals surface area contributed by atoms with Gasteiger partial charge in [0.2, 0.25) is 0 Å². The monoisotopic (exact) mass is 528 g/mol. The summed E-state index contributed by atoms with van der Waals surface area (Å²) in [5.74, 6) is 0.505. The predicted molar refractivity (Wildman–Crippen MR) is 147 cm³/mol. The predicted octanol–water partition coefficient (Wildman–Crippen LogP) is 4.97. The van der Waals surface area contributed by atoms with Crippen LogP contribution in [0, 0.1) is 0 Å². The van der Waals surface area contributed by atoms with E-state index in [0.717, 1.165) is 62.4 Å². The van der Waals surface area contributed by atoms with Crippen molar-refractivity contribution < 1.29 is 4.79 Å². The van der Waals surface area contributed by atoms with Crippen LogP contribution in [0.3, 0.4) is 0 Å². The number of nitrogens with zero attached hydrogens (tertiary/aromatic N) is 4. The number of piperidine rings is 1. The fourth-order valence-corrected chi connectivity index (χ4v) is 5.73. The molecule has 3 aromatic rings. The number of anilines is 1. The zero-order chi connectivity index (χ0) is 25.2. The van der Waals surface area contributed by atoms with Crippen LogP contribution in [0.5, 0.6) is 0 Å². The minimum Gasteiger partial charge on any atom is -0.366 e. The number of aromatic nitrogens is 2. The highest BCUT2D eigenvalue weighted by Crippen LogP contribution is 2.33. The number of hydrogen-bond acceptors (Lipinski definition) is 5. The van der Waals surface area contributed by atoms with E-state index in [9.17, 15) is 4.79 Å². The number of imidazole rings is 1. The summed E-state index contributed by atoms with van der Waals surface area (Å²) in [4.78, 5) is 28.3. The third-order valence-corrected chi connectivity index (χ3v) is 7.97. The van der Waals surface area contributed by atoms with Crippen molar-refractivity contribution in [1.82, 2.24) is 25.1 Å². The van der Waals surface area contributed by atoms with E-state index < -0.39 is 0 Å². The highest BCUT2D eigenvalue weighted by Gasteiger charge is 2.28. The van der Waals surface area contributed by atoms with Crippen molar-refractivity contribution in [3.63, 3.8) is 0 Å². The molecule has 2 atom stereocenters. The second kappa shape index (κ2) is 11.0. The molecule has 1 amide bonds. The average Bonchev–Trinajstić information content (AvgIpc) is 3.29. The molecule has 2 aliphatic rings. The summed E-state index contributed by atoms with van der Waals surface area (Å²) < 4.78 is 0. The maximum absolute atomic E-state index is 13.0. The number of hydrogen-bond donors (Lipinski definition) is 2. The van der Waals surface area contributed by atoms with Crippen LogP contribution in [0.2, 0.25) is 10.0 Å². The summed E-state index contributed by atoms with van der Waals surface area (Å²) in [6.45, 7) is 8.44. The van der Waals surface area contributed by atoms with E-state index >= 15 is 0 Å². The number of fused-ring (bicyclic) bond motifs is 1. The lowest BCUT2D eigenvalue weighted by Crippen LogP contribution is -2.52. The minimum atomic E-state index is -0.294. The Kier molecular flexibility index (Phi) is 7.72. The van der Waals surface area contributed by atoms with Gasteiger partial charge in [-0.15, -0.1) is 0 Å². The third-order valence-electron chi connectivity index (χ3n) is 7.43. The van der Waals surface area contributed by atoms with E-state index in [0.29, 0.717) is 27.5 Å². The maximum Gasteiger partial charge on any atom is 0.251 e. The Morgan fingerprint density at radius 3 is 2.69 bits per heavy atom. The Balaban J connectivity index is 1.26. The number of carbonyl (C=O) groups excluding carboxylic acids is 1. The van der Waals surface area contributed by atoms with Crippen LogP contribution >= 0.6 is 23.2 Å². The van der Waals surface area contributed by atoms with E-state index in [4.69, 9.17) is 23.2 Å². The van der Waals surface area contributed by atoms with Gasteiger partial charge in [0.15, 0.2) is 0 Å². The van der Waals surface area contributed by atoms with Gasteiger partial charge in [0.25, 0.3) is 5.91 Å². The number of carbonyl (C=O) groups is 1. The van der Waals surface area contributed by atoms with Crippen LogP contribution in [0.25, 0.3) is 11.0 Å². The van der Waals surface area contributed by atoms with Crippen molar-refractivity contribution in [2.45, 2.75) is 38.3 Å². The van der Waals surface area contributed by atoms with Crippen LogP contribution < -0.4 is 10.2 Å². The van der Waals surface area contributed by atoms with Gasteiger partial charge in [0, 0.05) is 55.9 Å². The van der Waals surface area contributed by atoms with Crippen molar-refractivity contribution in [2.24, 2.45) is 0 Å². The Morgan fingerprint density at radius 2 is 1.92 bits per heavy atom. The molecule has 0 spiro atoms. The van der Waals surface area contributed by atoms with Crippen LogP contribution in [0.15, 0.2) is 36.4 Å². The van der Waals surface area contributed by atoms with E-state index in [-0.39, 0.29) is 11.9 Å². The molecular formula is C27H34Cl2N6O. The largest absolute Gasteiger partial charge is 0.366 e. The normalized spacial score (nSPS) is 20.6. The molecule has 0 radical (unpaired) electrons. The molecule has 0 aliphatic carbocycles. The summed E-state index contributed by atoms with van der Waals surface area (Å²) in [5, 5.41) is 4.30. The molecule has 192 valence electrons. The number of aromatic amines is 1. The summed E-state index contributed by atoms with van der Waals surface area (Å²) in [6.07, 6.45) is 3.59. The topological polar surface area (TPSA) is 67.5 Å². The van der Waals surface area contributed by atoms with Crippen molar-refractivity contribution in [3.05, 3.63) is 57.8 Å². The van der Waals surface area contributed by atoms with Crippen molar-refractivity contribution in [3.8, 4) is 0 Å². The lowest BCUT2D eigenvalue weighted by atomic mass is 9.99. The molecular weight excluding hydrogens is 495 g/mol. The van der Waals surface area contributed by atoms with Gasteiger partial charge in [-0.1, -0.05) is 23.2 Å². The summed E-state index contributed by atoms with van der Waals surface area (Å²) >= 11 is 12.9.